The lowest BCUT2D eigenvalue weighted by atomic mass is 9.46. The molecule has 0 radical (unpaired) electrons. The van der Waals surface area contributed by atoms with Crippen LogP contribution in [0, 0.1) is 40.4 Å². The van der Waals surface area contributed by atoms with Gasteiger partial charge >= 0.3 is 0 Å². The van der Waals surface area contributed by atoms with Gasteiger partial charge in [-0.15, -0.1) is 0 Å². The van der Waals surface area contributed by atoms with E-state index in [1.54, 1.807) is 0 Å². The Morgan fingerprint density at radius 1 is 1.04 bits per heavy atom. The molecule has 146 valence electrons. The first-order valence-electron chi connectivity index (χ1n) is 11.0. The summed E-state index contributed by atoms with van der Waals surface area (Å²) in [5, 5.41) is 22.7. The molecule has 0 aliphatic heterocycles. The average molecular weight is 351 g/mol. The first-order chi connectivity index (χ1) is 11.6. The molecule has 2 N–H and O–H groups in total. The van der Waals surface area contributed by atoms with Gasteiger partial charge in [0, 0.05) is 0 Å². The second-order valence-corrected chi connectivity index (χ2v) is 10.7. The van der Waals surface area contributed by atoms with Crippen molar-refractivity contribution in [3.63, 3.8) is 0 Å². The highest BCUT2D eigenvalue weighted by Gasteiger charge is 2.62. The minimum absolute atomic E-state index is 0.0260. The van der Waals surface area contributed by atoms with Crippen LogP contribution in [0.2, 0.25) is 0 Å². The molecule has 8 atom stereocenters. The van der Waals surface area contributed by atoms with E-state index in [-0.39, 0.29) is 16.9 Å². The Morgan fingerprint density at radius 2 is 1.68 bits per heavy atom. The summed E-state index contributed by atoms with van der Waals surface area (Å²) in [6, 6.07) is 0. The normalized spacial score (nSPS) is 53.9. The molecule has 0 aromatic carbocycles. The predicted molar refractivity (Wildman–Crippen MR) is 104 cm³/mol. The van der Waals surface area contributed by atoms with Crippen molar-refractivity contribution >= 4 is 0 Å². The van der Waals surface area contributed by atoms with Crippen LogP contribution in [0.5, 0.6) is 0 Å². The van der Waals surface area contributed by atoms with Gasteiger partial charge < -0.3 is 10.2 Å². The van der Waals surface area contributed by atoms with Gasteiger partial charge in [0.05, 0.1) is 11.7 Å². The summed E-state index contributed by atoms with van der Waals surface area (Å²) in [5.74, 6) is 2.60. The largest absolute Gasteiger partial charge is 0.392 e. The molecule has 0 saturated heterocycles. The van der Waals surface area contributed by atoms with Crippen molar-refractivity contribution in [1.82, 2.24) is 0 Å². The Balaban J connectivity index is 1.97. The number of hydrogen-bond donors (Lipinski definition) is 2. The van der Waals surface area contributed by atoms with E-state index in [0.717, 1.165) is 12.8 Å². The summed E-state index contributed by atoms with van der Waals surface area (Å²) in [7, 11) is 0. The van der Waals surface area contributed by atoms with Crippen LogP contribution in [0.25, 0.3) is 0 Å². The SMILES string of the molecule is CCC1C2CC(C)C(O)C2(C)CCC1C1(C)CCCCC1(O)C(C)C. The van der Waals surface area contributed by atoms with Gasteiger partial charge in [-0.05, 0) is 72.5 Å². The minimum atomic E-state index is -0.528. The van der Waals surface area contributed by atoms with Gasteiger partial charge in [-0.2, -0.15) is 0 Å². The molecule has 3 saturated carbocycles. The van der Waals surface area contributed by atoms with Gasteiger partial charge in [-0.3, -0.25) is 0 Å². The van der Waals surface area contributed by atoms with Gasteiger partial charge in [0.25, 0.3) is 0 Å². The van der Waals surface area contributed by atoms with Gasteiger partial charge in [-0.25, -0.2) is 0 Å². The predicted octanol–water partition coefficient (Wildman–Crippen LogP) is 5.41. The summed E-state index contributed by atoms with van der Waals surface area (Å²) in [5.41, 5.74) is -0.407. The van der Waals surface area contributed by atoms with Crippen molar-refractivity contribution in [3.8, 4) is 0 Å². The fourth-order valence-electron chi connectivity index (χ4n) is 7.83. The first-order valence-corrected chi connectivity index (χ1v) is 11.0. The molecular formula is C23H42O2. The van der Waals surface area contributed by atoms with Crippen LogP contribution in [0.15, 0.2) is 0 Å². The fourth-order valence-corrected chi connectivity index (χ4v) is 7.83. The standard InChI is InChI=1S/C23H42O2/c1-7-17-18(10-13-21(5)19(17)14-16(4)20(21)24)22(6)11-8-9-12-23(22,25)15(2)3/h15-20,24-25H,7-14H2,1-6H3. The van der Waals surface area contributed by atoms with Crippen LogP contribution in [0.4, 0.5) is 0 Å². The summed E-state index contributed by atoms with van der Waals surface area (Å²) in [6.07, 6.45) is 9.10. The molecule has 3 aliphatic carbocycles. The van der Waals surface area contributed by atoms with E-state index in [4.69, 9.17) is 0 Å². The summed E-state index contributed by atoms with van der Waals surface area (Å²) in [6.45, 7) is 13.8. The molecule has 2 nitrogen and oxygen atoms in total. The first kappa shape index (κ1) is 19.7. The van der Waals surface area contributed by atoms with Crippen LogP contribution < -0.4 is 0 Å². The summed E-state index contributed by atoms with van der Waals surface area (Å²) >= 11 is 0. The maximum absolute atomic E-state index is 11.8. The van der Waals surface area contributed by atoms with Crippen LogP contribution in [-0.2, 0) is 0 Å². The zero-order valence-corrected chi connectivity index (χ0v) is 17.5. The third-order valence-electron chi connectivity index (χ3n) is 9.45. The number of fused-ring (bicyclic) bond motifs is 1. The number of aliphatic hydroxyl groups excluding tert-OH is 1. The molecule has 0 heterocycles. The highest BCUT2D eigenvalue weighted by Crippen LogP contribution is 2.65. The molecule has 0 amide bonds. The van der Waals surface area contributed by atoms with E-state index >= 15 is 0 Å². The van der Waals surface area contributed by atoms with E-state index in [2.05, 4.69) is 41.5 Å². The van der Waals surface area contributed by atoms with Crippen LogP contribution in [0.1, 0.15) is 92.9 Å². The van der Waals surface area contributed by atoms with E-state index in [1.807, 2.05) is 0 Å². The third kappa shape index (κ3) is 2.64. The monoisotopic (exact) mass is 350 g/mol. The highest BCUT2D eigenvalue weighted by atomic mass is 16.3. The Hall–Kier alpha value is -0.0800. The van der Waals surface area contributed by atoms with Gasteiger partial charge in [0.1, 0.15) is 0 Å². The quantitative estimate of drug-likeness (QED) is 0.714. The molecule has 0 spiro atoms. The van der Waals surface area contributed by atoms with Crippen molar-refractivity contribution < 1.29 is 10.2 Å². The Bertz CT molecular complexity index is 488. The molecule has 0 bridgehead atoms. The molecule has 3 fully saturated rings. The maximum Gasteiger partial charge on any atom is 0.0726 e. The van der Waals surface area contributed by atoms with Crippen LogP contribution >= 0.6 is 0 Å². The third-order valence-corrected chi connectivity index (χ3v) is 9.45. The number of hydrogen-bond acceptors (Lipinski definition) is 2. The summed E-state index contributed by atoms with van der Waals surface area (Å²) < 4.78 is 0. The lowest BCUT2D eigenvalue weighted by Gasteiger charge is -2.60. The van der Waals surface area contributed by atoms with Crippen molar-refractivity contribution in [2.75, 3.05) is 0 Å². The number of aliphatic hydroxyl groups is 2. The van der Waals surface area contributed by atoms with Gasteiger partial charge in [-0.1, -0.05) is 60.8 Å². The zero-order valence-electron chi connectivity index (χ0n) is 17.5. The molecule has 0 aromatic heterocycles. The van der Waals surface area contributed by atoms with Crippen molar-refractivity contribution in [2.24, 2.45) is 40.4 Å². The Morgan fingerprint density at radius 3 is 2.28 bits per heavy atom. The Labute approximate surface area is 155 Å². The molecule has 0 aromatic rings. The maximum atomic E-state index is 11.8. The molecule has 25 heavy (non-hydrogen) atoms. The van der Waals surface area contributed by atoms with E-state index in [9.17, 15) is 10.2 Å². The lowest BCUT2D eigenvalue weighted by Crippen LogP contribution is -2.60. The Kier molecular flexibility index (Phi) is 5.13. The lowest BCUT2D eigenvalue weighted by molar-refractivity contribution is -0.193. The van der Waals surface area contributed by atoms with Gasteiger partial charge in [0.2, 0.25) is 0 Å². The molecular weight excluding hydrogens is 308 g/mol. The average Bonchev–Trinajstić information content (AvgIpc) is 2.80. The van der Waals surface area contributed by atoms with Gasteiger partial charge in [0.15, 0.2) is 0 Å². The van der Waals surface area contributed by atoms with Crippen molar-refractivity contribution in [3.05, 3.63) is 0 Å². The topological polar surface area (TPSA) is 40.5 Å². The summed E-state index contributed by atoms with van der Waals surface area (Å²) in [4.78, 5) is 0. The second-order valence-electron chi connectivity index (χ2n) is 10.7. The zero-order chi connectivity index (χ0) is 18.6. The smallest absolute Gasteiger partial charge is 0.0726 e. The van der Waals surface area contributed by atoms with E-state index in [1.165, 1.54) is 38.5 Å². The van der Waals surface area contributed by atoms with E-state index in [0.29, 0.717) is 29.6 Å². The van der Waals surface area contributed by atoms with E-state index < -0.39 is 5.60 Å². The second kappa shape index (κ2) is 6.51. The van der Waals surface area contributed by atoms with Crippen LogP contribution in [0.3, 0.4) is 0 Å². The fraction of sp³-hybridized carbons (Fsp3) is 1.00. The molecule has 8 unspecified atom stereocenters. The molecule has 3 aliphatic rings. The highest BCUT2D eigenvalue weighted by molar-refractivity contribution is 5.11. The van der Waals surface area contributed by atoms with Crippen molar-refractivity contribution in [1.29, 1.82) is 0 Å². The number of rotatable bonds is 3. The van der Waals surface area contributed by atoms with Crippen LogP contribution in [-0.4, -0.2) is 21.9 Å². The molecule has 2 heteroatoms. The van der Waals surface area contributed by atoms with Crippen molar-refractivity contribution in [2.45, 2.75) is 105 Å². The molecule has 3 rings (SSSR count). The minimum Gasteiger partial charge on any atom is -0.392 e.